The molecule has 0 bridgehead atoms. The summed E-state index contributed by atoms with van der Waals surface area (Å²) in [6.07, 6.45) is -0.547. The van der Waals surface area contributed by atoms with Crippen LogP contribution in [0, 0.1) is 6.92 Å². The first-order valence-electron chi connectivity index (χ1n) is 4.72. The molecule has 0 heterocycles. The lowest BCUT2D eigenvalue weighted by molar-refractivity contribution is 0.0924. The molecule has 1 unspecified atom stereocenters. The quantitative estimate of drug-likeness (QED) is 0.827. The number of amides is 1. The minimum absolute atomic E-state index is 0.221. The van der Waals surface area contributed by atoms with Crippen molar-refractivity contribution in [2.75, 3.05) is 6.54 Å². The van der Waals surface area contributed by atoms with E-state index in [-0.39, 0.29) is 12.5 Å². The average molecular weight is 228 g/mol. The van der Waals surface area contributed by atoms with E-state index in [1.807, 2.05) is 6.92 Å². The Balaban J connectivity index is 2.73. The molecule has 0 saturated heterocycles. The van der Waals surface area contributed by atoms with Gasteiger partial charge in [-0.1, -0.05) is 11.6 Å². The monoisotopic (exact) mass is 227 g/mol. The lowest BCUT2D eigenvalue weighted by atomic mass is 10.1. The molecule has 3 nitrogen and oxygen atoms in total. The van der Waals surface area contributed by atoms with Crippen LogP contribution in [0.1, 0.15) is 22.8 Å². The van der Waals surface area contributed by atoms with Gasteiger partial charge in [-0.25, -0.2) is 0 Å². The highest BCUT2D eigenvalue weighted by Gasteiger charge is 2.07. The number of carbonyl (C=O) groups excluding carboxylic acids is 1. The van der Waals surface area contributed by atoms with Gasteiger partial charge in [0.05, 0.1) is 6.10 Å². The molecule has 0 aliphatic rings. The predicted molar refractivity (Wildman–Crippen MR) is 60.2 cm³/mol. The van der Waals surface area contributed by atoms with Crippen molar-refractivity contribution in [1.29, 1.82) is 0 Å². The zero-order chi connectivity index (χ0) is 11.4. The van der Waals surface area contributed by atoms with Crippen molar-refractivity contribution < 1.29 is 9.90 Å². The number of hydrogen-bond acceptors (Lipinski definition) is 2. The Hall–Kier alpha value is -1.06. The molecular weight excluding hydrogens is 214 g/mol. The van der Waals surface area contributed by atoms with Crippen molar-refractivity contribution in [2.45, 2.75) is 20.0 Å². The van der Waals surface area contributed by atoms with Crippen LogP contribution < -0.4 is 5.32 Å². The van der Waals surface area contributed by atoms with E-state index in [1.54, 1.807) is 25.1 Å². The highest BCUT2D eigenvalue weighted by molar-refractivity contribution is 6.31. The summed E-state index contributed by atoms with van der Waals surface area (Å²) in [5, 5.41) is 12.2. The van der Waals surface area contributed by atoms with E-state index in [4.69, 9.17) is 16.7 Å². The minimum atomic E-state index is -0.547. The van der Waals surface area contributed by atoms with E-state index in [0.29, 0.717) is 10.6 Å². The molecule has 1 aromatic carbocycles. The van der Waals surface area contributed by atoms with Gasteiger partial charge in [0.25, 0.3) is 5.91 Å². The highest BCUT2D eigenvalue weighted by Crippen LogP contribution is 2.14. The van der Waals surface area contributed by atoms with Crippen LogP contribution >= 0.6 is 11.6 Å². The fraction of sp³-hybridized carbons (Fsp3) is 0.364. The lowest BCUT2D eigenvalue weighted by Crippen LogP contribution is -2.30. The van der Waals surface area contributed by atoms with Gasteiger partial charge in [0.2, 0.25) is 0 Å². The molecule has 1 rings (SSSR count). The maximum absolute atomic E-state index is 11.6. The summed E-state index contributed by atoms with van der Waals surface area (Å²) in [7, 11) is 0. The average Bonchev–Trinajstić information content (AvgIpc) is 2.12. The smallest absolute Gasteiger partial charge is 0.251 e. The predicted octanol–water partition coefficient (Wildman–Crippen LogP) is 1.76. The molecule has 0 aliphatic carbocycles. The molecule has 0 aliphatic heterocycles. The van der Waals surface area contributed by atoms with E-state index in [2.05, 4.69) is 5.32 Å². The van der Waals surface area contributed by atoms with Crippen LogP contribution in [0.3, 0.4) is 0 Å². The Morgan fingerprint density at radius 1 is 1.53 bits per heavy atom. The number of rotatable bonds is 3. The first kappa shape index (κ1) is 12.0. The standard InChI is InChI=1S/C11H14ClNO2/c1-7-3-9(5-10(12)4-7)11(15)13-6-8(2)14/h3-5,8,14H,6H2,1-2H3,(H,13,15). The minimum Gasteiger partial charge on any atom is -0.392 e. The van der Waals surface area contributed by atoms with Crippen molar-refractivity contribution in [1.82, 2.24) is 5.32 Å². The second kappa shape index (κ2) is 5.14. The highest BCUT2D eigenvalue weighted by atomic mass is 35.5. The number of aliphatic hydroxyl groups is 1. The normalized spacial score (nSPS) is 12.3. The summed E-state index contributed by atoms with van der Waals surface area (Å²) < 4.78 is 0. The molecule has 82 valence electrons. The first-order valence-corrected chi connectivity index (χ1v) is 5.10. The SMILES string of the molecule is Cc1cc(Cl)cc(C(=O)NCC(C)O)c1. The topological polar surface area (TPSA) is 49.3 Å². The van der Waals surface area contributed by atoms with Gasteiger partial charge in [-0.05, 0) is 37.6 Å². The third-order valence-corrected chi connectivity index (χ3v) is 2.08. The fourth-order valence-corrected chi connectivity index (χ4v) is 1.50. The van der Waals surface area contributed by atoms with Gasteiger partial charge in [-0.2, -0.15) is 0 Å². The first-order chi connectivity index (χ1) is 6.99. The Morgan fingerprint density at radius 3 is 2.73 bits per heavy atom. The van der Waals surface area contributed by atoms with Crippen molar-refractivity contribution in [3.63, 3.8) is 0 Å². The molecular formula is C11H14ClNO2. The summed E-state index contributed by atoms with van der Waals surface area (Å²) in [6.45, 7) is 3.73. The van der Waals surface area contributed by atoms with E-state index in [0.717, 1.165) is 5.56 Å². The van der Waals surface area contributed by atoms with Crippen LogP contribution in [-0.2, 0) is 0 Å². The van der Waals surface area contributed by atoms with Crippen molar-refractivity contribution in [2.24, 2.45) is 0 Å². The van der Waals surface area contributed by atoms with Crippen LogP contribution in [0.2, 0.25) is 5.02 Å². The molecule has 1 atom stereocenters. The zero-order valence-electron chi connectivity index (χ0n) is 8.75. The number of aliphatic hydroxyl groups excluding tert-OH is 1. The molecule has 1 amide bonds. The second-order valence-corrected chi connectivity index (χ2v) is 4.01. The third-order valence-electron chi connectivity index (χ3n) is 1.86. The van der Waals surface area contributed by atoms with E-state index in [9.17, 15) is 4.79 Å². The summed E-state index contributed by atoms with van der Waals surface area (Å²) in [6, 6.07) is 5.14. The number of aryl methyl sites for hydroxylation is 1. The van der Waals surface area contributed by atoms with Crippen LogP contribution in [0.15, 0.2) is 18.2 Å². The number of hydrogen-bond donors (Lipinski definition) is 2. The fourth-order valence-electron chi connectivity index (χ4n) is 1.21. The van der Waals surface area contributed by atoms with Gasteiger partial charge in [0.1, 0.15) is 0 Å². The van der Waals surface area contributed by atoms with Crippen molar-refractivity contribution >= 4 is 17.5 Å². The summed E-state index contributed by atoms with van der Waals surface area (Å²) in [5.74, 6) is -0.221. The third kappa shape index (κ3) is 3.90. The zero-order valence-corrected chi connectivity index (χ0v) is 9.51. The molecule has 15 heavy (non-hydrogen) atoms. The maximum Gasteiger partial charge on any atom is 0.251 e. The van der Waals surface area contributed by atoms with Crippen molar-refractivity contribution in [3.05, 3.63) is 34.3 Å². The molecule has 0 fully saturated rings. The summed E-state index contributed by atoms with van der Waals surface area (Å²) in [4.78, 5) is 11.6. The second-order valence-electron chi connectivity index (χ2n) is 3.58. The van der Waals surface area contributed by atoms with Crippen LogP contribution in [0.5, 0.6) is 0 Å². The number of carbonyl (C=O) groups is 1. The van der Waals surface area contributed by atoms with Gasteiger partial charge < -0.3 is 10.4 Å². The Morgan fingerprint density at radius 2 is 2.20 bits per heavy atom. The molecule has 4 heteroatoms. The molecule has 0 aromatic heterocycles. The van der Waals surface area contributed by atoms with Gasteiger partial charge in [0, 0.05) is 17.1 Å². The van der Waals surface area contributed by atoms with Crippen LogP contribution in [0.25, 0.3) is 0 Å². The van der Waals surface area contributed by atoms with Gasteiger partial charge >= 0.3 is 0 Å². The summed E-state index contributed by atoms with van der Waals surface area (Å²) >= 11 is 5.83. The Labute approximate surface area is 94.1 Å². The van der Waals surface area contributed by atoms with E-state index < -0.39 is 6.10 Å². The number of halogens is 1. The summed E-state index contributed by atoms with van der Waals surface area (Å²) in [5.41, 5.74) is 1.45. The largest absolute Gasteiger partial charge is 0.392 e. The molecule has 0 radical (unpaired) electrons. The molecule has 0 spiro atoms. The Bertz CT molecular complexity index is 343. The van der Waals surface area contributed by atoms with Crippen LogP contribution in [0.4, 0.5) is 0 Å². The van der Waals surface area contributed by atoms with E-state index >= 15 is 0 Å². The number of benzene rings is 1. The maximum atomic E-state index is 11.6. The molecule has 0 saturated carbocycles. The van der Waals surface area contributed by atoms with Gasteiger partial charge in [-0.3, -0.25) is 4.79 Å². The Kier molecular flexibility index (Phi) is 4.12. The van der Waals surface area contributed by atoms with Gasteiger partial charge in [-0.15, -0.1) is 0 Å². The van der Waals surface area contributed by atoms with Crippen molar-refractivity contribution in [3.8, 4) is 0 Å². The van der Waals surface area contributed by atoms with Crippen LogP contribution in [-0.4, -0.2) is 23.7 Å². The van der Waals surface area contributed by atoms with Gasteiger partial charge in [0.15, 0.2) is 0 Å². The van der Waals surface area contributed by atoms with E-state index in [1.165, 1.54) is 0 Å². The number of nitrogens with one attached hydrogen (secondary N) is 1. The lowest BCUT2D eigenvalue weighted by Gasteiger charge is -2.07. The molecule has 2 N–H and O–H groups in total. The molecule has 1 aromatic rings.